The molecule has 0 amide bonds. The molecule has 5 heteroatoms. The van der Waals surface area contributed by atoms with Gasteiger partial charge in [-0.05, 0) is 71.8 Å². The highest BCUT2D eigenvalue weighted by Gasteiger charge is 2.14. The first-order chi connectivity index (χ1) is 13.6. The number of nitrogens with zero attached hydrogens (tertiary/aromatic N) is 2. The van der Waals surface area contributed by atoms with E-state index in [0.717, 1.165) is 32.1 Å². The molecule has 1 heterocycles. The third-order valence-electron chi connectivity index (χ3n) is 4.56. The largest absolute Gasteiger partial charge is 0.268 e. The number of hydrogen-bond acceptors (Lipinski definition) is 3. The van der Waals surface area contributed by atoms with E-state index < -0.39 is 0 Å². The van der Waals surface area contributed by atoms with Crippen LogP contribution in [0.3, 0.4) is 0 Å². The highest BCUT2D eigenvalue weighted by atomic mass is 127. The van der Waals surface area contributed by atoms with Gasteiger partial charge in [0.15, 0.2) is 5.16 Å². The van der Waals surface area contributed by atoms with Gasteiger partial charge in [-0.1, -0.05) is 59.8 Å². The van der Waals surface area contributed by atoms with Gasteiger partial charge in [-0.25, -0.2) is 4.98 Å². The summed E-state index contributed by atoms with van der Waals surface area (Å²) in [7, 11) is 0. The second-order valence-corrected chi connectivity index (χ2v) is 8.92. The third-order valence-corrected chi connectivity index (χ3v) is 6.17. The summed E-state index contributed by atoms with van der Waals surface area (Å²) in [5.74, 6) is 0.859. The van der Waals surface area contributed by atoms with E-state index in [1.807, 2.05) is 55.5 Å². The molecule has 0 bridgehead atoms. The molecule has 0 aliphatic heterocycles. The van der Waals surface area contributed by atoms with Gasteiger partial charge in [-0.15, -0.1) is 0 Å². The van der Waals surface area contributed by atoms with Crippen LogP contribution in [-0.4, -0.2) is 15.3 Å². The Balaban J connectivity index is 1.76. The van der Waals surface area contributed by atoms with Crippen LogP contribution in [0.1, 0.15) is 11.1 Å². The van der Waals surface area contributed by atoms with E-state index in [9.17, 15) is 4.79 Å². The molecular formula is C23H19IN2OS. The van der Waals surface area contributed by atoms with Crippen LogP contribution in [0.15, 0.2) is 82.7 Å². The number of halogens is 1. The van der Waals surface area contributed by atoms with Gasteiger partial charge in [0.25, 0.3) is 5.56 Å². The first-order valence-corrected chi connectivity index (χ1v) is 11.1. The van der Waals surface area contributed by atoms with Crippen molar-refractivity contribution in [3.05, 3.63) is 97.8 Å². The van der Waals surface area contributed by atoms with Crippen molar-refractivity contribution in [1.29, 1.82) is 0 Å². The summed E-state index contributed by atoms with van der Waals surface area (Å²) in [4.78, 5) is 18.2. The topological polar surface area (TPSA) is 34.9 Å². The van der Waals surface area contributed by atoms with Crippen molar-refractivity contribution in [3.8, 4) is 5.69 Å². The van der Waals surface area contributed by atoms with Crippen LogP contribution in [0.5, 0.6) is 0 Å². The summed E-state index contributed by atoms with van der Waals surface area (Å²) in [5.41, 5.74) is 4.03. The Morgan fingerprint density at radius 3 is 2.50 bits per heavy atom. The third kappa shape index (κ3) is 4.15. The van der Waals surface area contributed by atoms with Crippen molar-refractivity contribution < 1.29 is 0 Å². The summed E-state index contributed by atoms with van der Waals surface area (Å²) >= 11 is 3.86. The highest BCUT2D eigenvalue weighted by molar-refractivity contribution is 14.1. The van der Waals surface area contributed by atoms with Gasteiger partial charge in [0.2, 0.25) is 0 Å². The number of benzene rings is 3. The fourth-order valence-electron chi connectivity index (χ4n) is 3.06. The second-order valence-electron chi connectivity index (χ2n) is 6.62. The molecule has 0 spiro atoms. The van der Waals surface area contributed by atoms with Gasteiger partial charge in [0.1, 0.15) is 0 Å². The molecule has 0 aliphatic rings. The molecule has 0 saturated carbocycles. The van der Waals surface area contributed by atoms with Gasteiger partial charge in [-0.3, -0.25) is 9.36 Å². The van der Waals surface area contributed by atoms with Crippen LogP contribution in [-0.2, 0) is 6.42 Å². The highest BCUT2D eigenvalue weighted by Crippen LogP contribution is 2.23. The van der Waals surface area contributed by atoms with Crippen LogP contribution in [0, 0.1) is 10.5 Å². The Kier molecular flexibility index (Phi) is 5.82. The van der Waals surface area contributed by atoms with E-state index in [2.05, 4.69) is 46.9 Å². The number of aryl methyl sites for hydroxylation is 2. The monoisotopic (exact) mass is 498 g/mol. The normalized spacial score (nSPS) is 11.1. The molecule has 0 aliphatic carbocycles. The molecule has 0 radical (unpaired) electrons. The van der Waals surface area contributed by atoms with E-state index in [1.54, 1.807) is 16.3 Å². The summed E-state index contributed by atoms with van der Waals surface area (Å²) in [6, 6.07) is 24.2. The van der Waals surface area contributed by atoms with E-state index in [-0.39, 0.29) is 5.56 Å². The molecule has 4 aromatic rings. The first-order valence-electron chi connectivity index (χ1n) is 9.08. The number of hydrogen-bond donors (Lipinski definition) is 0. The van der Waals surface area contributed by atoms with Crippen molar-refractivity contribution in [1.82, 2.24) is 9.55 Å². The van der Waals surface area contributed by atoms with Crippen molar-refractivity contribution >= 4 is 45.3 Å². The van der Waals surface area contributed by atoms with E-state index in [1.165, 1.54) is 11.1 Å². The van der Waals surface area contributed by atoms with Crippen LogP contribution in [0.4, 0.5) is 0 Å². The number of rotatable bonds is 5. The predicted octanol–water partition coefficient (Wildman–Crippen LogP) is 5.63. The van der Waals surface area contributed by atoms with Crippen LogP contribution in [0.25, 0.3) is 16.6 Å². The molecule has 0 atom stereocenters. The fraction of sp³-hybridized carbons (Fsp3) is 0.130. The second kappa shape index (κ2) is 8.49. The maximum Gasteiger partial charge on any atom is 0.266 e. The molecule has 0 N–H and O–H groups in total. The SMILES string of the molecule is Cc1ccc(-n2c(SCCc3ccccc3)nc3ccc(I)cc3c2=O)cc1. The minimum atomic E-state index is -0.0189. The quantitative estimate of drug-likeness (QED) is 0.203. The molecule has 0 saturated heterocycles. The molecule has 0 fully saturated rings. The number of thioether (sulfide) groups is 1. The summed E-state index contributed by atoms with van der Waals surface area (Å²) < 4.78 is 2.77. The summed E-state index contributed by atoms with van der Waals surface area (Å²) in [5, 5.41) is 1.39. The minimum absolute atomic E-state index is 0.0189. The molecule has 140 valence electrons. The standard InChI is InChI=1S/C23H19IN2OS/c1-16-7-10-19(11-8-16)26-22(27)20-15-18(24)9-12-21(20)25-23(26)28-14-13-17-5-3-2-4-6-17/h2-12,15H,13-14H2,1H3. The van der Waals surface area contributed by atoms with Crippen LogP contribution < -0.4 is 5.56 Å². The van der Waals surface area contributed by atoms with E-state index in [4.69, 9.17) is 4.98 Å². The number of fused-ring (bicyclic) bond motifs is 1. The Bertz CT molecular complexity index is 1170. The van der Waals surface area contributed by atoms with Gasteiger partial charge in [0, 0.05) is 9.32 Å². The van der Waals surface area contributed by atoms with Crippen molar-refractivity contribution in [2.24, 2.45) is 0 Å². The van der Waals surface area contributed by atoms with Crippen molar-refractivity contribution in [2.45, 2.75) is 18.5 Å². The van der Waals surface area contributed by atoms with Crippen LogP contribution >= 0.6 is 34.4 Å². The Morgan fingerprint density at radius 1 is 1.00 bits per heavy atom. The maximum atomic E-state index is 13.3. The fourth-order valence-corrected chi connectivity index (χ4v) is 4.55. The average molecular weight is 498 g/mol. The Morgan fingerprint density at radius 2 is 1.75 bits per heavy atom. The average Bonchev–Trinajstić information content (AvgIpc) is 2.71. The lowest BCUT2D eigenvalue weighted by Crippen LogP contribution is -2.22. The molecule has 28 heavy (non-hydrogen) atoms. The molecular weight excluding hydrogens is 479 g/mol. The first kappa shape index (κ1) is 19.2. The summed E-state index contributed by atoms with van der Waals surface area (Å²) in [6.45, 7) is 2.04. The van der Waals surface area contributed by atoms with E-state index >= 15 is 0 Å². The molecule has 1 aromatic heterocycles. The van der Waals surface area contributed by atoms with Gasteiger partial charge in [0.05, 0.1) is 16.6 Å². The van der Waals surface area contributed by atoms with Gasteiger partial charge < -0.3 is 0 Å². The molecule has 4 rings (SSSR count). The minimum Gasteiger partial charge on any atom is -0.268 e. The molecule has 0 unspecified atom stereocenters. The van der Waals surface area contributed by atoms with E-state index in [0.29, 0.717) is 5.39 Å². The van der Waals surface area contributed by atoms with Gasteiger partial charge >= 0.3 is 0 Å². The predicted molar refractivity (Wildman–Crippen MR) is 126 cm³/mol. The number of aromatic nitrogens is 2. The zero-order chi connectivity index (χ0) is 19.5. The molecule has 3 aromatic carbocycles. The summed E-state index contributed by atoms with van der Waals surface area (Å²) in [6.07, 6.45) is 0.931. The Labute approximate surface area is 182 Å². The lowest BCUT2D eigenvalue weighted by atomic mass is 10.2. The van der Waals surface area contributed by atoms with Crippen molar-refractivity contribution in [2.75, 3.05) is 5.75 Å². The lowest BCUT2D eigenvalue weighted by Gasteiger charge is -2.13. The molecule has 3 nitrogen and oxygen atoms in total. The van der Waals surface area contributed by atoms with Gasteiger partial charge in [-0.2, -0.15) is 0 Å². The zero-order valence-electron chi connectivity index (χ0n) is 15.4. The zero-order valence-corrected chi connectivity index (χ0v) is 18.4. The maximum absolute atomic E-state index is 13.3. The smallest absolute Gasteiger partial charge is 0.266 e. The Hall–Kier alpha value is -2.12. The lowest BCUT2D eigenvalue weighted by molar-refractivity contribution is 0.818. The van der Waals surface area contributed by atoms with Crippen LogP contribution in [0.2, 0.25) is 0 Å². The van der Waals surface area contributed by atoms with Crippen molar-refractivity contribution in [3.63, 3.8) is 0 Å².